The van der Waals surface area contributed by atoms with Crippen LogP contribution in [0.4, 0.5) is 0 Å². The summed E-state index contributed by atoms with van der Waals surface area (Å²) in [5.41, 5.74) is 0. The van der Waals surface area contributed by atoms with E-state index in [0.717, 1.165) is 18.1 Å². The first-order valence-electron chi connectivity index (χ1n) is 3.35. The van der Waals surface area contributed by atoms with Crippen LogP contribution in [-0.4, -0.2) is 13.7 Å². The van der Waals surface area contributed by atoms with Gasteiger partial charge in [-0.05, 0) is 12.5 Å². The number of rotatable bonds is 2. The molecule has 0 aliphatic heterocycles. The Morgan fingerprint density at radius 1 is 1.80 bits per heavy atom. The van der Waals surface area contributed by atoms with Gasteiger partial charge in [-0.1, -0.05) is 23.8 Å². The maximum Gasteiger partial charge on any atom is 0.0528 e. The fourth-order valence-electron chi connectivity index (χ4n) is 0.976. The van der Waals surface area contributed by atoms with Crippen molar-refractivity contribution in [1.29, 1.82) is 0 Å². The summed E-state index contributed by atoms with van der Waals surface area (Å²) in [6.45, 7) is 0.789. The summed E-state index contributed by atoms with van der Waals surface area (Å²) in [5, 5.41) is 0.840. The molecule has 0 bridgehead atoms. The van der Waals surface area contributed by atoms with Gasteiger partial charge in [-0.2, -0.15) is 0 Å². The molecule has 0 aromatic heterocycles. The zero-order valence-corrected chi connectivity index (χ0v) is 6.77. The van der Waals surface area contributed by atoms with Gasteiger partial charge >= 0.3 is 0 Å². The number of hydrogen-bond donors (Lipinski definition) is 0. The van der Waals surface area contributed by atoms with Gasteiger partial charge in [0.15, 0.2) is 0 Å². The van der Waals surface area contributed by atoms with Crippen LogP contribution in [0.25, 0.3) is 0 Å². The first-order chi connectivity index (χ1) is 4.83. The minimum atomic E-state index is 0.521. The van der Waals surface area contributed by atoms with Gasteiger partial charge in [0, 0.05) is 18.1 Å². The minimum Gasteiger partial charge on any atom is -0.384 e. The van der Waals surface area contributed by atoms with E-state index >= 15 is 0 Å². The molecule has 0 N–H and O–H groups in total. The van der Waals surface area contributed by atoms with Gasteiger partial charge in [0.05, 0.1) is 6.61 Å². The third-order valence-electron chi connectivity index (χ3n) is 1.52. The summed E-state index contributed by atoms with van der Waals surface area (Å²) in [6.07, 6.45) is 7.04. The molecule has 0 radical (unpaired) electrons. The smallest absolute Gasteiger partial charge is 0.0528 e. The van der Waals surface area contributed by atoms with E-state index in [1.54, 1.807) is 7.11 Å². The van der Waals surface area contributed by atoms with Crippen LogP contribution >= 0.6 is 11.6 Å². The minimum absolute atomic E-state index is 0.521. The Hall–Kier alpha value is -0.270. The van der Waals surface area contributed by atoms with Crippen molar-refractivity contribution in [2.45, 2.75) is 6.42 Å². The van der Waals surface area contributed by atoms with Gasteiger partial charge in [-0.3, -0.25) is 0 Å². The lowest BCUT2D eigenvalue weighted by Gasteiger charge is -2.11. The highest BCUT2D eigenvalue weighted by Gasteiger charge is 2.05. The SMILES string of the molecule is COC[C@H]1C=CC(Cl)=CC1. The summed E-state index contributed by atoms with van der Waals surface area (Å²) in [4.78, 5) is 0. The molecule has 0 aromatic rings. The van der Waals surface area contributed by atoms with E-state index in [1.165, 1.54) is 0 Å². The Balaban J connectivity index is 2.37. The van der Waals surface area contributed by atoms with E-state index in [4.69, 9.17) is 16.3 Å². The molecule has 0 unspecified atom stereocenters. The van der Waals surface area contributed by atoms with E-state index in [2.05, 4.69) is 6.08 Å². The van der Waals surface area contributed by atoms with Crippen LogP contribution in [0.2, 0.25) is 0 Å². The third kappa shape index (κ3) is 2.16. The van der Waals surface area contributed by atoms with Gasteiger partial charge in [0.2, 0.25) is 0 Å². The number of methoxy groups -OCH3 is 1. The maximum absolute atomic E-state index is 5.72. The van der Waals surface area contributed by atoms with Crippen LogP contribution in [0.15, 0.2) is 23.3 Å². The standard InChI is InChI=1S/C8H11ClO/c1-10-6-7-2-4-8(9)5-3-7/h2,4-5,7H,3,6H2,1H3/t7-/m0/s1. The Bertz CT molecular complexity index is 161. The van der Waals surface area contributed by atoms with Gasteiger partial charge in [0.1, 0.15) is 0 Å². The monoisotopic (exact) mass is 158 g/mol. The zero-order valence-electron chi connectivity index (χ0n) is 6.01. The van der Waals surface area contributed by atoms with Crippen LogP contribution in [-0.2, 0) is 4.74 Å². The quantitative estimate of drug-likeness (QED) is 0.600. The Morgan fingerprint density at radius 2 is 2.60 bits per heavy atom. The second-order valence-electron chi connectivity index (χ2n) is 2.40. The van der Waals surface area contributed by atoms with Crippen molar-refractivity contribution in [2.24, 2.45) is 5.92 Å². The highest BCUT2D eigenvalue weighted by Crippen LogP contribution is 2.18. The molecule has 0 saturated heterocycles. The van der Waals surface area contributed by atoms with Crippen LogP contribution in [0.1, 0.15) is 6.42 Å². The fraction of sp³-hybridized carbons (Fsp3) is 0.500. The zero-order chi connectivity index (χ0) is 7.40. The van der Waals surface area contributed by atoms with Crippen molar-refractivity contribution in [1.82, 2.24) is 0 Å². The fourth-order valence-corrected chi connectivity index (χ4v) is 1.14. The molecule has 10 heavy (non-hydrogen) atoms. The molecule has 1 atom stereocenters. The van der Waals surface area contributed by atoms with E-state index in [1.807, 2.05) is 12.2 Å². The first-order valence-corrected chi connectivity index (χ1v) is 3.73. The first kappa shape index (κ1) is 7.83. The van der Waals surface area contributed by atoms with Crippen molar-refractivity contribution < 1.29 is 4.74 Å². The number of hydrogen-bond acceptors (Lipinski definition) is 1. The second kappa shape index (κ2) is 3.79. The van der Waals surface area contributed by atoms with Gasteiger partial charge in [-0.25, -0.2) is 0 Å². The third-order valence-corrected chi connectivity index (χ3v) is 1.80. The molecule has 0 aromatic carbocycles. The maximum atomic E-state index is 5.72. The van der Waals surface area contributed by atoms with Gasteiger partial charge < -0.3 is 4.74 Å². The van der Waals surface area contributed by atoms with E-state index < -0.39 is 0 Å². The molecule has 2 heteroatoms. The van der Waals surface area contributed by atoms with E-state index in [9.17, 15) is 0 Å². The van der Waals surface area contributed by atoms with E-state index in [0.29, 0.717) is 5.92 Å². The van der Waals surface area contributed by atoms with Crippen molar-refractivity contribution >= 4 is 11.6 Å². The molecule has 1 aliphatic carbocycles. The van der Waals surface area contributed by atoms with Crippen LogP contribution in [0, 0.1) is 5.92 Å². The predicted octanol–water partition coefficient (Wildman–Crippen LogP) is 2.33. The number of ether oxygens (including phenoxy) is 1. The van der Waals surface area contributed by atoms with Crippen LogP contribution < -0.4 is 0 Å². The molecule has 1 nitrogen and oxygen atoms in total. The van der Waals surface area contributed by atoms with Crippen molar-refractivity contribution in [2.75, 3.05) is 13.7 Å². The molecule has 0 heterocycles. The number of allylic oxidation sites excluding steroid dienone is 3. The van der Waals surface area contributed by atoms with Gasteiger partial charge in [-0.15, -0.1) is 0 Å². The molecular weight excluding hydrogens is 148 g/mol. The molecular formula is C8H11ClO. The molecule has 1 rings (SSSR count). The molecule has 0 saturated carbocycles. The molecule has 0 fully saturated rings. The highest BCUT2D eigenvalue weighted by molar-refractivity contribution is 6.31. The van der Waals surface area contributed by atoms with Crippen LogP contribution in [0.5, 0.6) is 0 Å². The van der Waals surface area contributed by atoms with Crippen molar-refractivity contribution in [3.63, 3.8) is 0 Å². The Kier molecular flexibility index (Phi) is 2.97. The summed E-state index contributed by atoms with van der Waals surface area (Å²) in [7, 11) is 1.72. The van der Waals surface area contributed by atoms with Crippen molar-refractivity contribution in [3.8, 4) is 0 Å². The topological polar surface area (TPSA) is 9.23 Å². The summed E-state index contributed by atoms with van der Waals surface area (Å²) in [5.74, 6) is 0.521. The van der Waals surface area contributed by atoms with E-state index in [-0.39, 0.29) is 0 Å². The molecule has 1 aliphatic rings. The molecule has 0 spiro atoms. The lowest BCUT2D eigenvalue weighted by Crippen LogP contribution is -2.05. The van der Waals surface area contributed by atoms with Crippen molar-refractivity contribution in [3.05, 3.63) is 23.3 Å². The highest BCUT2D eigenvalue weighted by atomic mass is 35.5. The largest absolute Gasteiger partial charge is 0.384 e. The Morgan fingerprint density at radius 3 is 3.10 bits per heavy atom. The molecule has 56 valence electrons. The lowest BCUT2D eigenvalue weighted by molar-refractivity contribution is 0.170. The normalized spacial score (nSPS) is 24.6. The summed E-state index contributed by atoms with van der Waals surface area (Å²) >= 11 is 5.72. The summed E-state index contributed by atoms with van der Waals surface area (Å²) < 4.78 is 4.99. The lowest BCUT2D eigenvalue weighted by atomic mass is 10.0. The Labute approximate surface area is 66.3 Å². The second-order valence-corrected chi connectivity index (χ2v) is 2.84. The molecule has 0 amide bonds. The summed E-state index contributed by atoms with van der Waals surface area (Å²) in [6, 6.07) is 0. The number of halogens is 1. The van der Waals surface area contributed by atoms with Gasteiger partial charge in [0.25, 0.3) is 0 Å². The average molecular weight is 159 g/mol. The van der Waals surface area contributed by atoms with Crippen LogP contribution in [0.3, 0.4) is 0 Å². The predicted molar refractivity (Wildman–Crippen MR) is 43.1 cm³/mol. The average Bonchev–Trinajstić information content (AvgIpc) is 1.95.